The zero-order chi connectivity index (χ0) is 18.1. The van der Waals surface area contributed by atoms with Crippen molar-refractivity contribution < 1.29 is 9.53 Å². The van der Waals surface area contributed by atoms with Gasteiger partial charge in [0.15, 0.2) is 0 Å². The Labute approximate surface area is 152 Å². The monoisotopic (exact) mass is 347 g/mol. The lowest BCUT2D eigenvalue weighted by Gasteiger charge is -2.27. The number of ether oxygens (including phenoxy) is 1. The molecular weight excluding hydrogens is 326 g/mol. The van der Waals surface area contributed by atoms with Gasteiger partial charge in [-0.3, -0.25) is 9.48 Å². The van der Waals surface area contributed by atoms with Crippen molar-refractivity contribution in [3.05, 3.63) is 77.0 Å². The molecule has 2 heterocycles. The van der Waals surface area contributed by atoms with Gasteiger partial charge in [0, 0.05) is 18.3 Å². The summed E-state index contributed by atoms with van der Waals surface area (Å²) in [6.45, 7) is 5.83. The van der Waals surface area contributed by atoms with E-state index in [1.54, 1.807) is 10.7 Å². The smallest absolute Gasteiger partial charge is 0.276 e. The Morgan fingerprint density at radius 1 is 1.00 bits per heavy atom. The predicted molar refractivity (Wildman–Crippen MR) is 101 cm³/mol. The summed E-state index contributed by atoms with van der Waals surface area (Å²) in [5.41, 5.74) is 4.97. The number of rotatable bonds is 4. The third kappa shape index (κ3) is 3.08. The van der Waals surface area contributed by atoms with Gasteiger partial charge in [-0.15, -0.1) is 5.10 Å². The van der Waals surface area contributed by atoms with Crippen LogP contribution in [-0.2, 0) is 13.2 Å². The molecule has 0 unspecified atom stereocenters. The summed E-state index contributed by atoms with van der Waals surface area (Å²) in [6, 6.07) is 17.8. The summed E-state index contributed by atoms with van der Waals surface area (Å²) in [7, 11) is 0. The summed E-state index contributed by atoms with van der Waals surface area (Å²) in [5, 5.41) is 4.42. The summed E-state index contributed by atoms with van der Waals surface area (Å²) in [4.78, 5) is 14.7. The van der Waals surface area contributed by atoms with E-state index < -0.39 is 0 Å². The van der Waals surface area contributed by atoms with Gasteiger partial charge in [0.1, 0.15) is 12.3 Å². The lowest BCUT2D eigenvalue weighted by molar-refractivity contribution is 0.0962. The van der Waals surface area contributed by atoms with E-state index in [0.717, 1.165) is 11.3 Å². The van der Waals surface area contributed by atoms with Gasteiger partial charge in [-0.25, -0.2) is 0 Å². The summed E-state index contributed by atoms with van der Waals surface area (Å²) in [6.07, 6.45) is 0. The zero-order valence-corrected chi connectivity index (χ0v) is 15.0. The van der Waals surface area contributed by atoms with Gasteiger partial charge < -0.3 is 9.64 Å². The summed E-state index contributed by atoms with van der Waals surface area (Å²) >= 11 is 0. The van der Waals surface area contributed by atoms with E-state index in [-0.39, 0.29) is 5.91 Å². The molecule has 0 aliphatic carbocycles. The minimum Gasteiger partial charge on any atom is -0.472 e. The highest BCUT2D eigenvalue weighted by molar-refractivity contribution is 6.05. The number of aryl methyl sites for hydroxylation is 2. The van der Waals surface area contributed by atoms with Crippen LogP contribution in [0.5, 0.6) is 5.88 Å². The fourth-order valence-electron chi connectivity index (χ4n) is 3.11. The number of amides is 1. The van der Waals surface area contributed by atoms with Gasteiger partial charge in [-0.1, -0.05) is 36.4 Å². The number of nitrogens with zero attached hydrogens (tertiary/aromatic N) is 3. The van der Waals surface area contributed by atoms with E-state index >= 15 is 0 Å². The van der Waals surface area contributed by atoms with Gasteiger partial charge in [-0.05, 0) is 42.7 Å². The molecule has 26 heavy (non-hydrogen) atoms. The average Bonchev–Trinajstić information content (AvgIpc) is 3.08. The van der Waals surface area contributed by atoms with Crippen molar-refractivity contribution in [3.63, 3.8) is 0 Å². The molecule has 1 aliphatic rings. The van der Waals surface area contributed by atoms with Crippen LogP contribution in [0.3, 0.4) is 0 Å². The Morgan fingerprint density at radius 2 is 1.81 bits per heavy atom. The first-order valence-electron chi connectivity index (χ1n) is 8.75. The zero-order valence-electron chi connectivity index (χ0n) is 15.0. The van der Waals surface area contributed by atoms with Crippen molar-refractivity contribution in [2.24, 2.45) is 0 Å². The number of hydrogen-bond acceptors (Lipinski definition) is 3. The van der Waals surface area contributed by atoms with Crippen LogP contribution in [-0.4, -0.2) is 22.2 Å². The molecule has 0 radical (unpaired) electrons. The fraction of sp³-hybridized carbons (Fsp3) is 0.238. The molecule has 0 fully saturated rings. The molecule has 4 rings (SSSR count). The molecule has 0 bridgehead atoms. The maximum atomic E-state index is 12.9. The van der Waals surface area contributed by atoms with Crippen LogP contribution in [0.2, 0.25) is 0 Å². The van der Waals surface area contributed by atoms with Crippen LogP contribution in [0.15, 0.2) is 54.6 Å². The number of anilines is 1. The van der Waals surface area contributed by atoms with E-state index in [4.69, 9.17) is 4.74 Å². The maximum absolute atomic E-state index is 12.9. The van der Waals surface area contributed by atoms with E-state index in [0.29, 0.717) is 31.3 Å². The van der Waals surface area contributed by atoms with Crippen molar-refractivity contribution in [1.82, 2.24) is 9.78 Å². The molecular formula is C21H21N3O2. The molecule has 0 saturated heterocycles. The largest absolute Gasteiger partial charge is 0.472 e. The molecule has 5 heteroatoms. The van der Waals surface area contributed by atoms with E-state index in [2.05, 4.69) is 31.1 Å². The molecule has 1 aromatic heterocycles. The van der Waals surface area contributed by atoms with Crippen LogP contribution in [0.4, 0.5) is 5.69 Å². The SMILES string of the molecule is Cc1ccc(N2CCn3nc(OCc4ccccc4)cc3C2=O)cc1C. The highest BCUT2D eigenvalue weighted by Crippen LogP contribution is 2.25. The maximum Gasteiger partial charge on any atom is 0.276 e. The van der Waals surface area contributed by atoms with Crippen molar-refractivity contribution in [2.75, 3.05) is 11.4 Å². The van der Waals surface area contributed by atoms with E-state index in [1.807, 2.05) is 41.3 Å². The number of fused-ring (bicyclic) bond motifs is 1. The van der Waals surface area contributed by atoms with E-state index in [1.165, 1.54) is 11.1 Å². The molecule has 5 nitrogen and oxygen atoms in total. The van der Waals surface area contributed by atoms with Crippen LogP contribution < -0.4 is 9.64 Å². The minimum absolute atomic E-state index is 0.0402. The van der Waals surface area contributed by atoms with Gasteiger partial charge in [0.2, 0.25) is 5.88 Å². The molecule has 3 aromatic rings. The van der Waals surface area contributed by atoms with Crippen molar-refractivity contribution in [3.8, 4) is 5.88 Å². The predicted octanol–water partition coefficient (Wildman–Crippen LogP) is 3.74. The summed E-state index contributed by atoms with van der Waals surface area (Å²) < 4.78 is 7.50. The van der Waals surface area contributed by atoms with Gasteiger partial charge in [0.25, 0.3) is 5.91 Å². The summed E-state index contributed by atoms with van der Waals surface area (Å²) in [5.74, 6) is 0.445. The Morgan fingerprint density at radius 3 is 2.58 bits per heavy atom. The van der Waals surface area contributed by atoms with Crippen molar-refractivity contribution in [2.45, 2.75) is 27.0 Å². The highest BCUT2D eigenvalue weighted by atomic mass is 16.5. The van der Waals surface area contributed by atoms with Crippen LogP contribution in [0.25, 0.3) is 0 Å². The van der Waals surface area contributed by atoms with Crippen molar-refractivity contribution >= 4 is 11.6 Å². The van der Waals surface area contributed by atoms with Gasteiger partial charge in [-0.2, -0.15) is 0 Å². The fourth-order valence-corrected chi connectivity index (χ4v) is 3.11. The Kier molecular flexibility index (Phi) is 4.21. The lowest BCUT2D eigenvalue weighted by Crippen LogP contribution is -2.40. The lowest BCUT2D eigenvalue weighted by atomic mass is 10.1. The first kappa shape index (κ1) is 16.4. The molecule has 2 aromatic carbocycles. The number of hydrogen-bond donors (Lipinski definition) is 0. The van der Waals surface area contributed by atoms with Crippen LogP contribution in [0.1, 0.15) is 27.2 Å². The van der Waals surface area contributed by atoms with Gasteiger partial charge in [0.05, 0.1) is 6.54 Å². The quantitative estimate of drug-likeness (QED) is 0.722. The topological polar surface area (TPSA) is 47.4 Å². The molecule has 0 N–H and O–H groups in total. The standard InChI is InChI=1S/C21H21N3O2/c1-15-8-9-18(12-16(15)2)23-10-11-24-19(21(23)25)13-20(22-24)26-14-17-6-4-3-5-7-17/h3-9,12-13H,10-11,14H2,1-2H3. The van der Waals surface area contributed by atoms with Crippen molar-refractivity contribution in [1.29, 1.82) is 0 Å². The third-order valence-corrected chi connectivity index (χ3v) is 4.79. The second-order valence-electron chi connectivity index (χ2n) is 6.59. The Balaban J connectivity index is 1.53. The normalized spacial score (nSPS) is 13.6. The number of benzene rings is 2. The number of carbonyl (C=O) groups excluding carboxylic acids is 1. The second kappa shape index (κ2) is 6.67. The molecule has 0 spiro atoms. The molecule has 0 atom stereocenters. The average molecular weight is 347 g/mol. The highest BCUT2D eigenvalue weighted by Gasteiger charge is 2.28. The number of carbonyl (C=O) groups is 1. The number of aromatic nitrogens is 2. The second-order valence-corrected chi connectivity index (χ2v) is 6.59. The van der Waals surface area contributed by atoms with E-state index in [9.17, 15) is 4.79 Å². The molecule has 1 aliphatic heterocycles. The Bertz CT molecular complexity index is 947. The molecule has 0 saturated carbocycles. The first-order chi connectivity index (χ1) is 12.6. The first-order valence-corrected chi connectivity index (χ1v) is 8.75. The molecule has 1 amide bonds. The Hall–Kier alpha value is -3.08. The minimum atomic E-state index is -0.0402. The van der Waals surface area contributed by atoms with Gasteiger partial charge >= 0.3 is 0 Å². The van der Waals surface area contributed by atoms with Crippen LogP contribution >= 0.6 is 0 Å². The molecule has 132 valence electrons. The third-order valence-electron chi connectivity index (χ3n) is 4.79. The van der Waals surface area contributed by atoms with Crippen LogP contribution in [0, 0.1) is 13.8 Å².